The molecular formula is C22H25F3N4O3. The van der Waals surface area contributed by atoms with E-state index in [0.717, 1.165) is 25.0 Å². The van der Waals surface area contributed by atoms with E-state index in [-0.39, 0.29) is 42.6 Å². The zero-order valence-electron chi connectivity index (χ0n) is 17.5. The maximum Gasteiger partial charge on any atom is 0.417 e. The van der Waals surface area contributed by atoms with Crippen molar-refractivity contribution in [1.82, 2.24) is 10.2 Å². The number of amides is 2. The summed E-state index contributed by atoms with van der Waals surface area (Å²) in [6.07, 6.45) is -1.69. The van der Waals surface area contributed by atoms with E-state index in [9.17, 15) is 22.8 Å². The van der Waals surface area contributed by atoms with Gasteiger partial charge >= 0.3 is 6.18 Å². The third-order valence-electron chi connectivity index (χ3n) is 6.25. The Morgan fingerprint density at radius 1 is 1.12 bits per heavy atom. The summed E-state index contributed by atoms with van der Waals surface area (Å²) in [5.41, 5.74) is -1.17. The molecule has 2 saturated heterocycles. The van der Waals surface area contributed by atoms with E-state index in [4.69, 9.17) is 10.00 Å². The number of rotatable bonds is 4. The van der Waals surface area contributed by atoms with Crippen molar-refractivity contribution < 1.29 is 27.5 Å². The molecule has 1 atom stereocenters. The van der Waals surface area contributed by atoms with Gasteiger partial charge in [0.15, 0.2) is 0 Å². The van der Waals surface area contributed by atoms with E-state index >= 15 is 0 Å². The average Bonchev–Trinajstić information content (AvgIpc) is 3.61. The quantitative estimate of drug-likeness (QED) is 0.761. The van der Waals surface area contributed by atoms with Gasteiger partial charge in [0.1, 0.15) is 6.04 Å². The number of hydrogen-bond acceptors (Lipinski definition) is 5. The first kappa shape index (κ1) is 22.4. The molecular weight excluding hydrogens is 425 g/mol. The van der Waals surface area contributed by atoms with Gasteiger partial charge < -0.3 is 19.9 Å². The molecule has 1 saturated carbocycles. The third-order valence-corrected chi connectivity index (χ3v) is 6.25. The SMILES string of the molecule is N#Cc1ccc(N2CCN(C(=O)C3CCOCC3)C(C(=O)NC3CC3)C2)cc1C(F)(F)F. The van der Waals surface area contributed by atoms with Gasteiger partial charge in [0.2, 0.25) is 11.8 Å². The second-order valence-corrected chi connectivity index (χ2v) is 8.50. The molecule has 1 unspecified atom stereocenters. The number of halogens is 3. The Bertz CT molecular complexity index is 920. The molecule has 0 radical (unpaired) electrons. The molecule has 172 valence electrons. The monoisotopic (exact) mass is 450 g/mol. The summed E-state index contributed by atoms with van der Waals surface area (Å²) in [6.45, 7) is 1.63. The first-order chi connectivity index (χ1) is 15.3. The number of nitrogens with zero attached hydrogens (tertiary/aromatic N) is 3. The van der Waals surface area contributed by atoms with Gasteiger partial charge in [0, 0.05) is 50.5 Å². The highest BCUT2D eigenvalue weighted by molar-refractivity contribution is 5.90. The highest BCUT2D eigenvalue weighted by Gasteiger charge is 2.40. The summed E-state index contributed by atoms with van der Waals surface area (Å²) >= 11 is 0. The van der Waals surface area contributed by atoms with Crippen LogP contribution in [0.1, 0.15) is 36.8 Å². The largest absolute Gasteiger partial charge is 0.417 e. The van der Waals surface area contributed by atoms with Gasteiger partial charge in [0.05, 0.1) is 17.2 Å². The fourth-order valence-electron chi connectivity index (χ4n) is 4.27. The van der Waals surface area contributed by atoms with Gasteiger partial charge in [-0.05, 0) is 43.9 Å². The number of ether oxygens (including phenoxy) is 1. The Morgan fingerprint density at radius 3 is 2.47 bits per heavy atom. The molecule has 1 aromatic carbocycles. The number of benzene rings is 1. The molecule has 2 aliphatic heterocycles. The number of anilines is 1. The Balaban J connectivity index is 1.57. The minimum absolute atomic E-state index is 0.0940. The maximum atomic E-state index is 13.4. The van der Waals surface area contributed by atoms with Crippen LogP contribution in [-0.2, 0) is 20.5 Å². The summed E-state index contributed by atoms with van der Waals surface area (Å²) in [5, 5.41) is 12.0. The smallest absolute Gasteiger partial charge is 0.381 e. The predicted molar refractivity (Wildman–Crippen MR) is 109 cm³/mol. The van der Waals surface area contributed by atoms with E-state index < -0.39 is 23.3 Å². The van der Waals surface area contributed by atoms with Crippen LogP contribution in [0, 0.1) is 17.2 Å². The van der Waals surface area contributed by atoms with Gasteiger partial charge in [-0.15, -0.1) is 0 Å². The molecule has 10 heteroatoms. The van der Waals surface area contributed by atoms with E-state index in [1.54, 1.807) is 15.9 Å². The zero-order valence-corrected chi connectivity index (χ0v) is 17.5. The van der Waals surface area contributed by atoms with Crippen molar-refractivity contribution in [2.24, 2.45) is 5.92 Å². The van der Waals surface area contributed by atoms with Crippen molar-refractivity contribution in [2.45, 2.75) is 43.9 Å². The van der Waals surface area contributed by atoms with Crippen molar-refractivity contribution in [3.8, 4) is 6.07 Å². The Morgan fingerprint density at radius 2 is 1.84 bits per heavy atom. The van der Waals surface area contributed by atoms with Crippen LogP contribution >= 0.6 is 0 Å². The standard InChI is InChI=1S/C22H25F3N4O3/c23-22(24,25)18-11-17(4-1-15(18)12-26)28-7-8-29(21(31)14-5-9-32-10-6-14)19(13-28)20(30)27-16-2-3-16/h1,4,11,14,16,19H,2-3,5-10,13H2,(H,27,30). The van der Waals surface area contributed by atoms with Gasteiger partial charge in [-0.3, -0.25) is 9.59 Å². The molecule has 4 rings (SSSR count). The molecule has 0 aromatic heterocycles. The lowest BCUT2D eigenvalue weighted by molar-refractivity contribution is -0.146. The Labute approximate surface area is 184 Å². The molecule has 2 amide bonds. The number of nitrogens with one attached hydrogen (secondary N) is 1. The summed E-state index contributed by atoms with van der Waals surface area (Å²) in [5.74, 6) is -0.583. The van der Waals surface area contributed by atoms with Crippen LogP contribution in [0.3, 0.4) is 0 Å². The molecule has 0 spiro atoms. The van der Waals surface area contributed by atoms with Crippen LogP contribution in [-0.4, -0.2) is 61.6 Å². The van der Waals surface area contributed by atoms with Crippen molar-refractivity contribution in [1.29, 1.82) is 5.26 Å². The molecule has 0 bridgehead atoms. The molecule has 1 N–H and O–H groups in total. The molecule has 2 heterocycles. The number of carbonyl (C=O) groups excluding carboxylic acids is 2. The van der Waals surface area contributed by atoms with Crippen molar-refractivity contribution >= 4 is 17.5 Å². The molecule has 32 heavy (non-hydrogen) atoms. The van der Waals surface area contributed by atoms with Crippen LogP contribution in [0.15, 0.2) is 18.2 Å². The van der Waals surface area contributed by atoms with Gasteiger partial charge in [-0.25, -0.2) is 0 Å². The van der Waals surface area contributed by atoms with Gasteiger partial charge in [-0.1, -0.05) is 0 Å². The predicted octanol–water partition coefficient (Wildman–Crippen LogP) is 2.30. The highest BCUT2D eigenvalue weighted by Crippen LogP contribution is 2.35. The van der Waals surface area contributed by atoms with Crippen LogP contribution in [0.25, 0.3) is 0 Å². The van der Waals surface area contributed by atoms with Crippen LogP contribution in [0.4, 0.5) is 18.9 Å². The van der Waals surface area contributed by atoms with E-state index in [2.05, 4.69) is 5.32 Å². The average molecular weight is 450 g/mol. The third kappa shape index (κ3) is 4.83. The maximum absolute atomic E-state index is 13.4. The molecule has 3 aliphatic rings. The Kier molecular flexibility index (Phi) is 6.29. The lowest BCUT2D eigenvalue weighted by Crippen LogP contribution is -2.62. The van der Waals surface area contributed by atoms with E-state index in [1.165, 1.54) is 6.07 Å². The fraction of sp³-hybridized carbons (Fsp3) is 0.591. The minimum atomic E-state index is -4.66. The summed E-state index contributed by atoms with van der Waals surface area (Å²) in [4.78, 5) is 29.4. The van der Waals surface area contributed by atoms with Crippen molar-refractivity contribution in [3.63, 3.8) is 0 Å². The molecule has 1 aliphatic carbocycles. The number of nitriles is 1. The summed E-state index contributed by atoms with van der Waals surface area (Å²) in [6, 6.07) is 4.45. The lowest BCUT2D eigenvalue weighted by Gasteiger charge is -2.43. The van der Waals surface area contributed by atoms with E-state index in [0.29, 0.717) is 32.6 Å². The highest BCUT2D eigenvalue weighted by atomic mass is 19.4. The number of carbonyl (C=O) groups is 2. The normalized spacial score (nSPS) is 22.4. The van der Waals surface area contributed by atoms with Crippen molar-refractivity contribution in [3.05, 3.63) is 29.3 Å². The topological polar surface area (TPSA) is 85.7 Å². The van der Waals surface area contributed by atoms with Crippen molar-refractivity contribution in [2.75, 3.05) is 37.7 Å². The fourth-order valence-corrected chi connectivity index (χ4v) is 4.27. The Hall–Kier alpha value is -2.80. The number of piperazine rings is 1. The first-order valence-corrected chi connectivity index (χ1v) is 10.8. The summed E-state index contributed by atoms with van der Waals surface area (Å²) in [7, 11) is 0. The number of hydrogen-bond donors (Lipinski definition) is 1. The van der Waals surface area contributed by atoms with E-state index in [1.807, 2.05) is 0 Å². The zero-order chi connectivity index (χ0) is 22.9. The first-order valence-electron chi connectivity index (χ1n) is 10.8. The van der Waals surface area contributed by atoms with Crippen LogP contribution in [0.2, 0.25) is 0 Å². The second kappa shape index (κ2) is 8.98. The molecule has 1 aromatic rings. The second-order valence-electron chi connectivity index (χ2n) is 8.50. The lowest BCUT2D eigenvalue weighted by atomic mass is 9.96. The molecule has 3 fully saturated rings. The van der Waals surface area contributed by atoms with Crippen LogP contribution < -0.4 is 10.2 Å². The van der Waals surface area contributed by atoms with Gasteiger partial charge in [0.25, 0.3) is 0 Å². The van der Waals surface area contributed by atoms with Gasteiger partial charge in [-0.2, -0.15) is 18.4 Å². The summed E-state index contributed by atoms with van der Waals surface area (Å²) < 4.78 is 45.6. The van der Waals surface area contributed by atoms with Crippen LogP contribution in [0.5, 0.6) is 0 Å². The number of alkyl halides is 3. The minimum Gasteiger partial charge on any atom is -0.381 e. The molecule has 7 nitrogen and oxygen atoms in total.